The lowest BCUT2D eigenvalue weighted by Gasteiger charge is -2.46. The average molecular weight is 375 g/mol. The molecule has 1 saturated carbocycles. The van der Waals surface area contributed by atoms with E-state index in [1.807, 2.05) is 13.0 Å². The zero-order valence-electron chi connectivity index (χ0n) is 17.5. The predicted molar refractivity (Wildman–Crippen MR) is 111 cm³/mol. The van der Waals surface area contributed by atoms with Crippen molar-refractivity contribution in [3.05, 3.63) is 23.8 Å². The molecule has 1 aromatic rings. The van der Waals surface area contributed by atoms with Gasteiger partial charge in [0.1, 0.15) is 0 Å². The smallest absolute Gasteiger partial charge is 0.319 e. The monoisotopic (exact) mass is 374 g/mol. The van der Waals surface area contributed by atoms with E-state index in [1.165, 1.54) is 6.42 Å². The van der Waals surface area contributed by atoms with Crippen molar-refractivity contribution in [3.8, 4) is 0 Å². The van der Waals surface area contributed by atoms with Crippen molar-refractivity contribution in [3.63, 3.8) is 0 Å². The van der Waals surface area contributed by atoms with Crippen LogP contribution in [0.4, 0.5) is 21.0 Å². The molecule has 4 amide bonds. The van der Waals surface area contributed by atoms with Gasteiger partial charge >= 0.3 is 12.1 Å². The second kappa shape index (κ2) is 8.19. The van der Waals surface area contributed by atoms with E-state index in [0.29, 0.717) is 29.3 Å². The third kappa shape index (κ3) is 5.88. The highest BCUT2D eigenvalue weighted by atomic mass is 16.2. The van der Waals surface area contributed by atoms with E-state index < -0.39 is 0 Å². The van der Waals surface area contributed by atoms with Gasteiger partial charge in [0, 0.05) is 25.0 Å². The summed E-state index contributed by atoms with van der Waals surface area (Å²) in [6.45, 7) is 11.7. The number of hydrogen-bond donors (Lipinski definition) is 4. The summed E-state index contributed by atoms with van der Waals surface area (Å²) in [5, 5.41) is 11.2. The van der Waals surface area contributed by atoms with Gasteiger partial charge in [-0.15, -0.1) is 0 Å². The molecular weight excluding hydrogens is 340 g/mol. The first-order valence-electron chi connectivity index (χ1n) is 9.67. The Kier molecular flexibility index (Phi) is 6.39. The maximum Gasteiger partial charge on any atom is 0.319 e. The molecule has 0 bridgehead atoms. The van der Waals surface area contributed by atoms with Crippen LogP contribution in [0.15, 0.2) is 18.2 Å². The van der Waals surface area contributed by atoms with Crippen LogP contribution in [0.25, 0.3) is 0 Å². The van der Waals surface area contributed by atoms with Gasteiger partial charge in [0.25, 0.3) is 0 Å². The number of rotatable bonds is 4. The van der Waals surface area contributed by atoms with E-state index in [1.54, 1.807) is 19.2 Å². The van der Waals surface area contributed by atoms with Crippen LogP contribution in [0.5, 0.6) is 0 Å². The fourth-order valence-corrected chi connectivity index (χ4v) is 4.84. The SMILES string of the molecule is CNC(=O)Nc1cccc(NC(=O)NCC2(C)CC(C)CC(C)(C)C2)c1C. The number of benzene rings is 1. The van der Waals surface area contributed by atoms with Gasteiger partial charge in [-0.05, 0) is 60.6 Å². The van der Waals surface area contributed by atoms with Gasteiger partial charge in [-0.2, -0.15) is 0 Å². The summed E-state index contributed by atoms with van der Waals surface area (Å²) in [6, 6.07) is 4.94. The number of carbonyl (C=O) groups is 2. The summed E-state index contributed by atoms with van der Waals surface area (Å²) < 4.78 is 0. The summed E-state index contributed by atoms with van der Waals surface area (Å²) in [5.41, 5.74) is 2.58. The van der Waals surface area contributed by atoms with Crippen LogP contribution in [0.2, 0.25) is 0 Å². The van der Waals surface area contributed by atoms with Gasteiger partial charge in [0.2, 0.25) is 0 Å². The Balaban J connectivity index is 1.98. The van der Waals surface area contributed by atoms with Crippen molar-refractivity contribution < 1.29 is 9.59 Å². The van der Waals surface area contributed by atoms with Crippen LogP contribution >= 0.6 is 0 Å². The van der Waals surface area contributed by atoms with Crippen molar-refractivity contribution in [1.82, 2.24) is 10.6 Å². The second-order valence-corrected chi connectivity index (χ2v) is 9.16. The summed E-state index contributed by atoms with van der Waals surface area (Å²) in [5.74, 6) is 0.665. The molecule has 1 aliphatic rings. The van der Waals surface area contributed by atoms with E-state index >= 15 is 0 Å². The third-order valence-corrected chi connectivity index (χ3v) is 5.38. The van der Waals surface area contributed by atoms with Crippen molar-refractivity contribution in [2.75, 3.05) is 24.2 Å². The van der Waals surface area contributed by atoms with Gasteiger partial charge in [-0.1, -0.05) is 33.8 Å². The van der Waals surface area contributed by atoms with E-state index in [4.69, 9.17) is 0 Å². The fraction of sp³-hybridized carbons (Fsp3) is 0.619. The van der Waals surface area contributed by atoms with Gasteiger partial charge in [0.05, 0.1) is 0 Å². The lowest BCUT2D eigenvalue weighted by molar-refractivity contribution is 0.0629. The van der Waals surface area contributed by atoms with E-state index in [0.717, 1.165) is 18.4 Å². The Hall–Kier alpha value is -2.24. The summed E-state index contributed by atoms with van der Waals surface area (Å²) >= 11 is 0. The molecule has 1 aliphatic carbocycles. The topological polar surface area (TPSA) is 82.3 Å². The molecule has 0 spiro atoms. The molecule has 0 saturated heterocycles. The number of anilines is 2. The highest BCUT2D eigenvalue weighted by Crippen LogP contribution is 2.48. The molecule has 4 N–H and O–H groups in total. The number of urea groups is 2. The van der Waals surface area contributed by atoms with Crippen LogP contribution in [0.1, 0.15) is 52.5 Å². The zero-order valence-corrected chi connectivity index (χ0v) is 17.5. The minimum atomic E-state index is -0.290. The van der Waals surface area contributed by atoms with E-state index in [2.05, 4.69) is 49.0 Å². The first kappa shape index (κ1) is 21.1. The Bertz CT molecular complexity index is 701. The van der Waals surface area contributed by atoms with Crippen molar-refractivity contribution >= 4 is 23.4 Å². The van der Waals surface area contributed by atoms with Gasteiger partial charge < -0.3 is 21.3 Å². The largest absolute Gasteiger partial charge is 0.341 e. The molecule has 27 heavy (non-hydrogen) atoms. The molecule has 150 valence electrons. The second-order valence-electron chi connectivity index (χ2n) is 9.16. The molecule has 1 aromatic carbocycles. The minimum Gasteiger partial charge on any atom is -0.341 e. The third-order valence-electron chi connectivity index (χ3n) is 5.38. The lowest BCUT2D eigenvalue weighted by Crippen LogP contribution is -2.44. The molecule has 0 heterocycles. The molecule has 2 atom stereocenters. The average Bonchev–Trinajstić information content (AvgIpc) is 2.54. The van der Waals surface area contributed by atoms with Gasteiger partial charge in [0.15, 0.2) is 0 Å². The molecule has 6 nitrogen and oxygen atoms in total. The Morgan fingerprint density at radius 2 is 1.67 bits per heavy atom. The highest BCUT2D eigenvalue weighted by Gasteiger charge is 2.39. The van der Waals surface area contributed by atoms with Gasteiger partial charge in [-0.25, -0.2) is 9.59 Å². The van der Waals surface area contributed by atoms with Crippen molar-refractivity contribution in [1.29, 1.82) is 0 Å². The van der Waals surface area contributed by atoms with Crippen molar-refractivity contribution in [2.24, 2.45) is 16.7 Å². The Morgan fingerprint density at radius 3 is 2.22 bits per heavy atom. The van der Waals surface area contributed by atoms with Crippen LogP contribution in [-0.4, -0.2) is 25.7 Å². The Morgan fingerprint density at radius 1 is 1.07 bits per heavy atom. The molecule has 0 aromatic heterocycles. The first-order valence-corrected chi connectivity index (χ1v) is 9.67. The zero-order chi connectivity index (χ0) is 20.2. The summed E-state index contributed by atoms with van der Waals surface area (Å²) in [4.78, 5) is 24.0. The predicted octanol–water partition coefficient (Wildman–Crippen LogP) is 4.72. The van der Waals surface area contributed by atoms with E-state index in [9.17, 15) is 9.59 Å². The lowest BCUT2D eigenvalue weighted by atomic mass is 9.61. The van der Waals surface area contributed by atoms with E-state index in [-0.39, 0.29) is 17.5 Å². The van der Waals surface area contributed by atoms with Crippen LogP contribution in [0, 0.1) is 23.7 Å². The first-order chi connectivity index (χ1) is 12.5. The molecular formula is C21H34N4O2. The molecule has 2 unspecified atom stereocenters. The Labute approximate surface area is 162 Å². The van der Waals surface area contributed by atoms with Crippen LogP contribution < -0.4 is 21.3 Å². The maximum atomic E-state index is 12.5. The number of carbonyl (C=O) groups excluding carboxylic acids is 2. The van der Waals surface area contributed by atoms with Crippen molar-refractivity contribution in [2.45, 2.75) is 53.9 Å². The minimum absolute atomic E-state index is 0.107. The molecule has 1 fully saturated rings. The number of hydrogen-bond acceptors (Lipinski definition) is 2. The maximum absolute atomic E-state index is 12.5. The molecule has 0 aliphatic heterocycles. The summed E-state index contributed by atoms with van der Waals surface area (Å²) in [6.07, 6.45) is 3.47. The van der Waals surface area contributed by atoms with Crippen LogP contribution in [0.3, 0.4) is 0 Å². The molecule has 2 rings (SSSR count). The molecule has 0 radical (unpaired) electrons. The van der Waals surface area contributed by atoms with Crippen LogP contribution in [-0.2, 0) is 0 Å². The van der Waals surface area contributed by atoms with Gasteiger partial charge in [-0.3, -0.25) is 0 Å². The summed E-state index contributed by atoms with van der Waals surface area (Å²) in [7, 11) is 1.56. The standard InChI is InChI=1S/C21H34N4O2/c1-14-10-20(3,4)12-21(5,11-14)13-23-19(27)25-17-9-7-8-16(15(17)2)24-18(26)22-6/h7-9,14H,10-13H2,1-6H3,(H2,22,24,26)(H2,23,25,27). The number of nitrogens with one attached hydrogen (secondary N) is 4. The fourth-order valence-electron chi connectivity index (χ4n) is 4.84. The number of amides is 4. The quantitative estimate of drug-likeness (QED) is 0.615. The highest BCUT2D eigenvalue weighted by molar-refractivity contribution is 5.94. The normalized spacial score (nSPS) is 24.0. The molecule has 6 heteroatoms.